The smallest absolute Gasteiger partial charge is 0.263 e. The van der Waals surface area contributed by atoms with E-state index in [1.807, 2.05) is 25.1 Å². The molecule has 0 radical (unpaired) electrons. The SMILES string of the molecule is COc1ccc2nc(-n3nc(C)cc3NC(=O)COc3ccccc3F)sc2c1. The molecule has 0 atom stereocenters. The van der Waals surface area contributed by atoms with Crippen molar-refractivity contribution in [1.82, 2.24) is 14.8 Å². The molecule has 4 rings (SSSR count). The van der Waals surface area contributed by atoms with Crippen molar-refractivity contribution in [2.24, 2.45) is 0 Å². The Hall–Kier alpha value is -3.46. The minimum absolute atomic E-state index is 0.0208. The minimum Gasteiger partial charge on any atom is -0.497 e. The van der Waals surface area contributed by atoms with Crippen LogP contribution in [0.15, 0.2) is 48.5 Å². The van der Waals surface area contributed by atoms with Gasteiger partial charge in [0.25, 0.3) is 5.91 Å². The lowest BCUT2D eigenvalue weighted by atomic mass is 10.3. The molecule has 0 saturated heterocycles. The summed E-state index contributed by atoms with van der Waals surface area (Å²) in [5.41, 5.74) is 1.52. The van der Waals surface area contributed by atoms with Crippen molar-refractivity contribution in [1.29, 1.82) is 0 Å². The number of carbonyl (C=O) groups excluding carboxylic acids is 1. The molecule has 4 aromatic rings. The van der Waals surface area contributed by atoms with Crippen molar-refractivity contribution >= 4 is 33.3 Å². The third kappa shape index (κ3) is 4.04. The Bertz CT molecular complexity index is 1190. The van der Waals surface area contributed by atoms with Crippen LogP contribution in [0.25, 0.3) is 15.3 Å². The molecule has 29 heavy (non-hydrogen) atoms. The van der Waals surface area contributed by atoms with Gasteiger partial charge in [-0.2, -0.15) is 9.78 Å². The Balaban J connectivity index is 1.54. The topological polar surface area (TPSA) is 78.3 Å². The molecule has 1 amide bonds. The van der Waals surface area contributed by atoms with E-state index >= 15 is 0 Å². The van der Waals surface area contributed by atoms with Crippen LogP contribution in [0.5, 0.6) is 11.5 Å². The number of fused-ring (bicyclic) bond motifs is 1. The number of carbonyl (C=O) groups is 1. The third-order valence-corrected chi connectivity index (χ3v) is 5.05. The van der Waals surface area contributed by atoms with Crippen LogP contribution in [0.2, 0.25) is 0 Å². The Kier molecular flexibility index (Phi) is 5.13. The maximum Gasteiger partial charge on any atom is 0.263 e. The van der Waals surface area contributed by atoms with Gasteiger partial charge >= 0.3 is 0 Å². The first-order chi connectivity index (χ1) is 14.0. The predicted octanol–water partition coefficient (Wildman–Crippen LogP) is 3.96. The Morgan fingerprint density at radius 3 is 2.86 bits per heavy atom. The second-order valence-electron chi connectivity index (χ2n) is 6.18. The van der Waals surface area contributed by atoms with Gasteiger partial charge < -0.3 is 14.8 Å². The zero-order chi connectivity index (χ0) is 20.4. The van der Waals surface area contributed by atoms with E-state index < -0.39 is 11.7 Å². The summed E-state index contributed by atoms with van der Waals surface area (Å²) in [6, 6.07) is 13.3. The summed E-state index contributed by atoms with van der Waals surface area (Å²) in [7, 11) is 1.61. The van der Waals surface area contributed by atoms with E-state index in [2.05, 4.69) is 15.4 Å². The lowest BCUT2D eigenvalue weighted by Gasteiger charge is -2.08. The lowest BCUT2D eigenvalue weighted by Crippen LogP contribution is -2.22. The van der Waals surface area contributed by atoms with E-state index in [0.717, 1.165) is 16.0 Å². The maximum atomic E-state index is 13.6. The van der Waals surface area contributed by atoms with Gasteiger partial charge in [-0.25, -0.2) is 9.37 Å². The van der Waals surface area contributed by atoms with Gasteiger partial charge in [-0.15, -0.1) is 0 Å². The van der Waals surface area contributed by atoms with E-state index in [1.54, 1.807) is 30.0 Å². The number of methoxy groups -OCH3 is 1. The maximum absolute atomic E-state index is 13.6. The molecule has 0 aliphatic heterocycles. The molecule has 0 aliphatic carbocycles. The van der Waals surface area contributed by atoms with Gasteiger partial charge in [0.1, 0.15) is 11.6 Å². The van der Waals surface area contributed by atoms with Gasteiger partial charge in [-0.3, -0.25) is 4.79 Å². The highest BCUT2D eigenvalue weighted by molar-refractivity contribution is 7.20. The van der Waals surface area contributed by atoms with Crippen LogP contribution in [0, 0.1) is 12.7 Å². The molecule has 0 aliphatic rings. The summed E-state index contributed by atoms with van der Waals surface area (Å²) in [6.45, 7) is 1.49. The molecular weight excluding hydrogens is 395 g/mol. The van der Waals surface area contributed by atoms with Crippen LogP contribution in [-0.4, -0.2) is 34.4 Å². The van der Waals surface area contributed by atoms with Gasteiger partial charge in [0, 0.05) is 6.07 Å². The fraction of sp³-hybridized carbons (Fsp3) is 0.150. The number of benzene rings is 2. The quantitative estimate of drug-likeness (QED) is 0.519. The van der Waals surface area contributed by atoms with Crippen LogP contribution >= 0.6 is 11.3 Å². The highest BCUT2D eigenvalue weighted by Crippen LogP contribution is 2.30. The standard InChI is InChI=1S/C20H17FN4O3S/c1-12-9-18(23-19(26)11-28-16-6-4-3-5-14(16)21)25(24-12)20-22-15-8-7-13(27-2)10-17(15)29-20/h3-10H,11H2,1-2H3,(H,23,26). The highest BCUT2D eigenvalue weighted by atomic mass is 32.1. The Morgan fingerprint density at radius 1 is 1.24 bits per heavy atom. The summed E-state index contributed by atoms with van der Waals surface area (Å²) in [4.78, 5) is 16.9. The first kappa shape index (κ1) is 18.9. The fourth-order valence-corrected chi connectivity index (χ4v) is 3.69. The molecule has 1 N–H and O–H groups in total. The van der Waals surface area contributed by atoms with E-state index in [9.17, 15) is 9.18 Å². The molecule has 2 heterocycles. The monoisotopic (exact) mass is 412 g/mol. The Labute approximate surface area is 169 Å². The zero-order valence-corrected chi connectivity index (χ0v) is 16.5. The number of aryl methyl sites for hydroxylation is 1. The van der Waals surface area contributed by atoms with Crippen molar-refractivity contribution in [3.05, 3.63) is 60.0 Å². The summed E-state index contributed by atoms with van der Waals surface area (Å²) >= 11 is 1.42. The Morgan fingerprint density at radius 2 is 2.07 bits per heavy atom. The van der Waals surface area contributed by atoms with Gasteiger partial charge in [0.15, 0.2) is 18.2 Å². The zero-order valence-electron chi connectivity index (χ0n) is 15.7. The van der Waals surface area contributed by atoms with Crippen molar-refractivity contribution < 1.29 is 18.7 Å². The number of anilines is 1. The number of nitrogens with one attached hydrogen (secondary N) is 1. The normalized spacial score (nSPS) is 10.9. The summed E-state index contributed by atoms with van der Waals surface area (Å²) in [5, 5.41) is 7.77. The molecule has 2 aromatic carbocycles. The average molecular weight is 412 g/mol. The number of hydrogen-bond acceptors (Lipinski definition) is 6. The molecule has 0 fully saturated rings. The van der Waals surface area contributed by atoms with E-state index in [1.165, 1.54) is 23.5 Å². The van der Waals surface area contributed by atoms with Crippen molar-refractivity contribution in [2.45, 2.75) is 6.92 Å². The summed E-state index contributed by atoms with van der Waals surface area (Å²) in [5.74, 6) is 0.259. The predicted molar refractivity (Wildman–Crippen MR) is 109 cm³/mol. The van der Waals surface area contributed by atoms with Crippen LogP contribution < -0.4 is 14.8 Å². The number of thiazole rings is 1. The average Bonchev–Trinajstić information content (AvgIpc) is 3.29. The van der Waals surface area contributed by atoms with Crippen LogP contribution in [-0.2, 0) is 4.79 Å². The van der Waals surface area contributed by atoms with Crippen LogP contribution in [0.3, 0.4) is 0 Å². The van der Waals surface area contributed by atoms with E-state index in [4.69, 9.17) is 9.47 Å². The first-order valence-electron chi connectivity index (χ1n) is 8.72. The number of ether oxygens (including phenoxy) is 2. The molecular formula is C20H17FN4O3S. The summed E-state index contributed by atoms with van der Waals surface area (Å²) < 4.78 is 26.6. The van der Waals surface area contributed by atoms with Crippen LogP contribution in [0.4, 0.5) is 10.2 Å². The minimum atomic E-state index is -0.522. The molecule has 148 valence electrons. The second-order valence-corrected chi connectivity index (χ2v) is 7.19. The highest BCUT2D eigenvalue weighted by Gasteiger charge is 2.15. The number of hydrogen-bond donors (Lipinski definition) is 1. The number of rotatable bonds is 6. The molecule has 9 heteroatoms. The largest absolute Gasteiger partial charge is 0.497 e. The van der Waals surface area contributed by atoms with E-state index in [0.29, 0.717) is 16.6 Å². The molecule has 0 unspecified atom stereocenters. The van der Waals surface area contributed by atoms with Gasteiger partial charge in [-0.05, 0) is 37.3 Å². The molecule has 2 aromatic heterocycles. The number of amides is 1. The van der Waals surface area contributed by atoms with Gasteiger partial charge in [-0.1, -0.05) is 23.5 Å². The number of nitrogens with zero attached hydrogens (tertiary/aromatic N) is 3. The second kappa shape index (κ2) is 7.88. The van der Waals surface area contributed by atoms with E-state index in [-0.39, 0.29) is 12.4 Å². The number of para-hydroxylation sites is 1. The third-order valence-electron chi connectivity index (χ3n) is 4.06. The molecule has 7 nitrogen and oxygen atoms in total. The fourth-order valence-electron chi connectivity index (χ4n) is 2.73. The first-order valence-corrected chi connectivity index (χ1v) is 9.54. The molecule has 0 bridgehead atoms. The van der Waals surface area contributed by atoms with Gasteiger partial charge in [0.05, 0.1) is 23.0 Å². The van der Waals surface area contributed by atoms with Crippen LogP contribution in [0.1, 0.15) is 5.69 Å². The lowest BCUT2D eigenvalue weighted by molar-refractivity contribution is -0.118. The van der Waals surface area contributed by atoms with Crippen molar-refractivity contribution in [2.75, 3.05) is 19.0 Å². The molecule has 0 spiro atoms. The summed E-state index contributed by atoms with van der Waals surface area (Å²) in [6.07, 6.45) is 0. The van der Waals surface area contributed by atoms with Crippen molar-refractivity contribution in [3.63, 3.8) is 0 Å². The number of halogens is 1. The van der Waals surface area contributed by atoms with Crippen molar-refractivity contribution in [3.8, 4) is 16.6 Å². The van der Waals surface area contributed by atoms with Gasteiger partial charge in [0.2, 0.25) is 5.13 Å². The number of aromatic nitrogens is 3. The molecule has 0 saturated carbocycles.